The molecule has 1 N–H and O–H groups in total. The molecule has 0 saturated carbocycles. The third kappa shape index (κ3) is 4.30. The summed E-state index contributed by atoms with van der Waals surface area (Å²) in [5, 5.41) is 2.98. The highest BCUT2D eigenvalue weighted by molar-refractivity contribution is 9.10. The summed E-state index contributed by atoms with van der Waals surface area (Å²) in [6.45, 7) is 7.34. The Morgan fingerprint density at radius 1 is 1.40 bits per heavy atom. The SMILES string of the molecule is Cc1cccc(C(=O)NCCCN2CCOCC2)c1Br. The van der Waals surface area contributed by atoms with Crippen LogP contribution in [-0.4, -0.2) is 50.2 Å². The maximum Gasteiger partial charge on any atom is 0.252 e. The summed E-state index contributed by atoms with van der Waals surface area (Å²) in [5.74, 6) is -0.0115. The van der Waals surface area contributed by atoms with E-state index in [1.165, 1.54) is 0 Å². The molecule has 0 atom stereocenters. The Hall–Kier alpha value is -0.910. The lowest BCUT2D eigenvalue weighted by atomic mass is 10.1. The average molecular weight is 341 g/mol. The Labute approximate surface area is 128 Å². The normalized spacial score (nSPS) is 16.1. The van der Waals surface area contributed by atoms with Gasteiger partial charge in [0.25, 0.3) is 5.91 Å². The summed E-state index contributed by atoms with van der Waals surface area (Å²) < 4.78 is 6.19. The summed E-state index contributed by atoms with van der Waals surface area (Å²) in [5.41, 5.74) is 1.78. The summed E-state index contributed by atoms with van der Waals surface area (Å²) in [7, 11) is 0. The molecule has 4 nitrogen and oxygen atoms in total. The van der Waals surface area contributed by atoms with Gasteiger partial charge in [0.05, 0.1) is 18.8 Å². The van der Waals surface area contributed by atoms with E-state index in [1.807, 2.05) is 25.1 Å². The summed E-state index contributed by atoms with van der Waals surface area (Å²) >= 11 is 3.47. The maximum atomic E-state index is 12.1. The predicted molar refractivity (Wildman–Crippen MR) is 83.1 cm³/mol. The molecule has 0 aliphatic carbocycles. The highest BCUT2D eigenvalue weighted by Crippen LogP contribution is 2.20. The van der Waals surface area contributed by atoms with Crippen molar-refractivity contribution in [2.75, 3.05) is 39.4 Å². The average Bonchev–Trinajstić information content (AvgIpc) is 2.47. The van der Waals surface area contributed by atoms with Crippen LogP contribution in [0.25, 0.3) is 0 Å². The van der Waals surface area contributed by atoms with Crippen molar-refractivity contribution in [3.05, 3.63) is 33.8 Å². The number of hydrogen-bond acceptors (Lipinski definition) is 3. The van der Waals surface area contributed by atoms with Crippen LogP contribution in [0.1, 0.15) is 22.3 Å². The summed E-state index contributed by atoms with van der Waals surface area (Å²) in [6, 6.07) is 5.73. The summed E-state index contributed by atoms with van der Waals surface area (Å²) in [6.07, 6.45) is 0.967. The Bertz CT molecular complexity index is 459. The highest BCUT2D eigenvalue weighted by Gasteiger charge is 2.12. The van der Waals surface area contributed by atoms with Gasteiger partial charge in [0.2, 0.25) is 0 Å². The Balaban J connectivity index is 1.73. The molecule has 1 aromatic rings. The van der Waals surface area contributed by atoms with Crippen LogP contribution in [0.2, 0.25) is 0 Å². The van der Waals surface area contributed by atoms with E-state index in [1.54, 1.807) is 0 Å². The van der Waals surface area contributed by atoms with Gasteiger partial charge in [0, 0.05) is 24.1 Å². The first-order valence-electron chi connectivity index (χ1n) is 7.02. The molecule has 1 aromatic carbocycles. The lowest BCUT2D eigenvalue weighted by Gasteiger charge is -2.26. The second kappa shape index (κ2) is 7.76. The zero-order chi connectivity index (χ0) is 14.4. The number of rotatable bonds is 5. The third-order valence-corrected chi connectivity index (χ3v) is 4.53. The minimum absolute atomic E-state index is 0.0115. The number of benzene rings is 1. The molecule has 1 saturated heterocycles. The number of carbonyl (C=O) groups is 1. The van der Waals surface area contributed by atoms with Crippen molar-refractivity contribution in [3.8, 4) is 0 Å². The molecule has 1 heterocycles. The standard InChI is InChI=1S/C15H21BrN2O2/c1-12-4-2-5-13(14(12)16)15(19)17-6-3-7-18-8-10-20-11-9-18/h2,4-5H,3,6-11H2,1H3,(H,17,19). The van der Waals surface area contributed by atoms with E-state index in [9.17, 15) is 4.79 Å². The fourth-order valence-corrected chi connectivity index (χ4v) is 2.69. The second-order valence-electron chi connectivity index (χ2n) is 5.00. The molecule has 2 rings (SSSR count). The van der Waals surface area contributed by atoms with E-state index < -0.39 is 0 Å². The highest BCUT2D eigenvalue weighted by atomic mass is 79.9. The molecular weight excluding hydrogens is 320 g/mol. The van der Waals surface area contributed by atoms with Crippen molar-refractivity contribution in [1.82, 2.24) is 10.2 Å². The van der Waals surface area contributed by atoms with E-state index in [-0.39, 0.29) is 5.91 Å². The van der Waals surface area contributed by atoms with Gasteiger partial charge in [-0.05, 0) is 47.4 Å². The molecular formula is C15H21BrN2O2. The van der Waals surface area contributed by atoms with Crippen LogP contribution in [0.5, 0.6) is 0 Å². The number of nitrogens with one attached hydrogen (secondary N) is 1. The number of carbonyl (C=O) groups excluding carboxylic acids is 1. The van der Waals surface area contributed by atoms with Crippen molar-refractivity contribution < 1.29 is 9.53 Å². The van der Waals surface area contributed by atoms with Crippen LogP contribution in [-0.2, 0) is 4.74 Å². The molecule has 1 aliphatic heterocycles. The molecule has 1 aliphatic rings. The van der Waals surface area contributed by atoms with Crippen molar-refractivity contribution in [2.24, 2.45) is 0 Å². The Kier molecular flexibility index (Phi) is 6.01. The van der Waals surface area contributed by atoms with Gasteiger partial charge in [-0.1, -0.05) is 12.1 Å². The minimum Gasteiger partial charge on any atom is -0.379 e. The number of amides is 1. The predicted octanol–water partition coefficient (Wildman–Crippen LogP) is 2.21. The zero-order valence-electron chi connectivity index (χ0n) is 11.8. The first-order valence-corrected chi connectivity index (χ1v) is 7.81. The molecule has 20 heavy (non-hydrogen) atoms. The van der Waals surface area contributed by atoms with Gasteiger partial charge >= 0.3 is 0 Å². The van der Waals surface area contributed by atoms with Crippen LogP contribution in [0.15, 0.2) is 22.7 Å². The quantitative estimate of drug-likeness (QED) is 0.835. The largest absolute Gasteiger partial charge is 0.379 e. The van der Waals surface area contributed by atoms with E-state index in [4.69, 9.17) is 4.74 Å². The van der Waals surface area contributed by atoms with E-state index in [0.717, 1.165) is 49.3 Å². The van der Waals surface area contributed by atoms with Gasteiger partial charge in [-0.15, -0.1) is 0 Å². The first-order chi connectivity index (χ1) is 9.68. The topological polar surface area (TPSA) is 41.6 Å². The van der Waals surface area contributed by atoms with Gasteiger partial charge in [0.1, 0.15) is 0 Å². The Morgan fingerprint density at radius 3 is 2.90 bits per heavy atom. The number of aryl methyl sites for hydroxylation is 1. The monoisotopic (exact) mass is 340 g/mol. The molecule has 0 unspecified atom stereocenters. The maximum absolute atomic E-state index is 12.1. The molecule has 110 valence electrons. The zero-order valence-corrected chi connectivity index (χ0v) is 13.4. The van der Waals surface area contributed by atoms with Crippen molar-refractivity contribution in [3.63, 3.8) is 0 Å². The number of hydrogen-bond donors (Lipinski definition) is 1. The van der Waals surface area contributed by atoms with Crippen LogP contribution in [0.4, 0.5) is 0 Å². The molecule has 0 spiro atoms. The smallest absolute Gasteiger partial charge is 0.252 e. The fraction of sp³-hybridized carbons (Fsp3) is 0.533. The van der Waals surface area contributed by atoms with Crippen molar-refractivity contribution >= 4 is 21.8 Å². The molecule has 0 bridgehead atoms. The Morgan fingerprint density at radius 2 is 2.15 bits per heavy atom. The molecule has 0 aromatic heterocycles. The van der Waals surface area contributed by atoms with Crippen molar-refractivity contribution in [2.45, 2.75) is 13.3 Å². The van der Waals surface area contributed by atoms with Gasteiger partial charge in [-0.3, -0.25) is 9.69 Å². The van der Waals surface area contributed by atoms with Crippen molar-refractivity contribution in [1.29, 1.82) is 0 Å². The second-order valence-corrected chi connectivity index (χ2v) is 5.79. The molecule has 1 fully saturated rings. The van der Waals surface area contributed by atoms with Crippen LogP contribution in [0, 0.1) is 6.92 Å². The summed E-state index contributed by atoms with van der Waals surface area (Å²) in [4.78, 5) is 14.5. The molecule has 5 heteroatoms. The fourth-order valence-electron chi connectivity index (χ4n) is 2.25. The van der Waals surface area contributed by atoms with Gasteiger partial charge < -0.3 is 10.1 Å². The first kappa shape index (κ1) is 15.5. The van der Waals surface area contributed by atoms with Crippen LogP contribution in [0.3, 0.4) is 0 Å². The van der Waals surface area contributed by atoms with Gasteiger partial charge in [-0.2, -0.15) is 0 Å². The van der Waals surface area contributed by atoms with E-state index in [0.29, 0.717) is 12.1 Å². The van der Waals surface area contributed by atoms with E-state index in [2.05, 4.69) is 26.1 Å². The van der Waals surface area contributed by atoms with Crippen LogP contribution >= 0.6 is 15.9 Å². The van der Waals surface area contributed by atoms with Gasteiger partial charge in [-0.25, -0.2) is 0 Å². The number of morpholine rings is 1. The number of ether oxygens (including phenoxy) is 1. The number of halogens is 1. The lowest BCUT2D eigenvalue weighted by Crippen LogP contribution is -2.38. The molecule has 1 amide bonds. The molecule has 0 radical (unpaired) electrons. The lowest BCUT2D eigenvalue weighted by molar-refractivity contribution is 0.0374. The van der Waals surface area contributed by atoms with Crippen LogP contribution < -0.4 is 5.32 Å². The van der Waals surface area contributed by atoms with Gasteiger partial charge in [0.15, 0.2) is 0 Å². The van der Waals surface area contributed by atoms with E-state index >= 15 is 0 Å². The third-order valence-electron chi connectivity index (χ3n) is 3.48. The minimum atomic E-state index is -0.0115. The number of nitrogens with zero attached hydrogens (tertiary/aromatic N) is 1.